The van der Waals surface area contributed by atoms with Crippen LogP contribution in [-0.2, 0) is 12.8 Å². The lowest BCUT2D eigenvalue weighted by Crippen LogP contribution is -2.15. The number of benzene rings is 2. The lowest BCUT2D eigenvalue weighted by Gasteiger charge is -2.15. The van der Waals surface area contributed by atoms with E-state index in [1.807, 2.05) is 24.3 Å². The molecule has 2 aromatic carbocycles. The minimum absolute atomic E-state index is 0.0984. The molecule has 0 atom stereocenters. The lowest BCUT2D eigenvalue weighted by atomic mass is 10.0. The smallest absolute Gasteiger partial charge is 0.256 e. The van der Waals surface area contributed by atoms with E-state index in [2.05, 4.69) is 63.2 Å². The summed E-state index contributed by atoms with van der Waals surface area (Å²) in [5.41, 5.74) is 3.89. The van der Waals surface area contributed by atoms with Crippen molar-refractivity contribution in [2.45, 2.75) is 26.7 Å². The van der Waals surface area contributed by atoms with Crippen LogP contribution < -0.4 is 5.32 Å². The summed E-state index contributed by atoms with van der Waals surface area (Å²) in [6.07, 6.45) is 1.78. The fourth-order valence-corrected chi connectivity index (χ4v) is 3.04. The van der Waals surface area contributed by atoms with Gasteiger partial charge in [0, 0.05) is 14.6 Å². The molecular weight excluding hydrogens is 394 g/mol. The second-order valence-corrected chi connectivity index (χ2v) is 6.51. The number of anilines is 1. The van der Waals surface area contributed by atoms with Gasteiger partial charge in [-0.3, -0.25) is 4.79 Å². The standard InChI is InChI=1S/C17H17Br2NO/c1-3-11-6-5-7-12(4-2)16(11)20-17(21)14-10-13(18)8-9-15(14)19/h5-10H,3-4H2,1-2H3,(H,20,21). The Kier molecular flexibility index (Phi) is 5.59. The van der Waals surface area contributed by atoms with Gasteiger partial charge < -0.3 is 5.32 Å². The van der Waals surface area contributed by atoms with Crippen LogP contribution in [0, 0.1) is 0 Å². The van der Waals surface area contributed by atoms with Crippen LogP contribution >= 0.6 is 31.9 Å². The Balaban J connectivity index is 2.38. The van der Waals surface area contributed by atoms with Crippen LogP contribution in [-0.4, -0.2) is 5.91 Å². The second-order valence-electron chi connectivity index (χ2n) is 4.74. The molecule has 110 valence electrons. The molecule has 0 aliphatic rings. The highest BCUT2D eigenvalue weighted by atomic mass is 79.9. The molecule has 21 heavy (non-hydrogen) atoms. The van der Waals surface area contributed by atoms with Crippen LogP contribution in [0.4, 0.5) is 5.69 Å². The molecule has 0 spiro atoms. The van der Waals surface area contributed by atoms with Gasteiger partial charge in [-0.25, -0.2) is 0 Å². The number of rotatable bonds is 4. The minimum atomic E-state index is -0.0984. The van der Waals surface area contributed by atoms with Gasteiger partial charge in [0.05, 0.1) is 5.56 Å². The third kappa shape index (κ3) is 3.74. The van der Waals surface area contributed by atoms with Crippen LogP contribution in [0.2, 0.25) is 0 Å². The number of carbonyl (C=O) groups is 1. The van der Waals surface area contributed by atoms with Gasteiger partial charge in [-0.05, 0) is 58.1 Å². The number of halogens is 2. The highest BCUT2D eigenvalue weighted by Crippen LogP contribution is 2.26. The summed E-state index contributed by atoms with van der Waals surface area (Å²) in [5, 5.41) is 3.08. The Hall–Kier alpha value is -1.13. The summed E-state index contributed by atoms with van der Waals surface area (Å²) >= 11 is 6.84. The van der Waals surface area contributed by atoms with E-state index < -0.39 is 0 Å². The zero-order valence-electron chi connectivity index (χ0n) is 12.0. The van der Waals surface area contributed by atoms with Crippen molar-refractivity contribution in [3.63, 3.8) is 0 Å². The predicted molar refractivity (Wildman–Crippen MR) is 95.0 cm³/mol. The van der Waals surface area contributed by atoms with E-state index in [4.69, 9.17) is 0 Å². The first-order valence-corrected chi connectivity index (χ1v) is 8.52. The molecule has 0 bridgehead atoms. The highest BCUT2D eigenvalue weighted by Gasteiger charge is 2.14. The SMILES string of the molecule is CCc1cccc(CC)c1NC(=O)c1cc(Br)ccc1Br. The number of hydrogen-bond donors (Lipinski definition) is 1. The molecule has 1 amide bonds. The number of carbonyl (C=O) groups excluding carboxylic acids is 1. The fraction of sp³-hybridized carbons (Fsp3) is 0.235. The van der Waals surface area contributed by atoms with Crippen LogP contribution in [0.5, 0.6) is 0 Å². The average molecular weight is 411 g/mol. The van der Waals surface area contributed by atoms with E-state index in [0.717, 1.165) is 38.6 Å². The molecule has 0 aliphatic heterocycles. The van der Waals surface area contributed by atoms with Crippen LogP contribution in [0.1, 0.15) is 35.3 Å². The molecule has 2 rings (SSSR count). The van der Waals surface area contributed by atoms with Gasteiger partial charge >= 0.3 is 0 Å². The van der Waals surface area contributed by atoms with Gasteiger partial charge in [0.2, 0.25) is 0 Å². The van der Waals surface area contributed by atoms with Crippen LogP contribution in [0.25, 0.3) is 0 Å². The van der Waals surface area contributed by atoms with Gasteiger partial charge in [-0.15, -0.1) is 0 Å². The lowest BCUT2D eigenvalue weighted by molar-refractivity contribution is 0.102. The van der Waals surface area contributed by atoms with Crippen molar-refractivity contribution >= 4 is 43.5 Å². The Morgan fingerprint density at radius 2 is 1.67 bits per heavy atom. The Morgan fingerprint density at radius 1 is 1.05 bits per heavy atom. The van der Waals surface area contributed by atoms with Crippen LogP contribution in [0.15, 0.2) is 45.3 Å². The third-order valence-electron chi connectivity index (χ3n) is 3.41. The molecular formula is C17H17Br2NO. The highest BCUT2D eigenvalue weighted by molar-refractivity contribution is 9.11. The van der Waals surface area contributed by atoms with Crippen molar-refractivity contribution in [3.8, 4) is 0 Å². The normalized spacial score (nSPS) is 10.5. The van der Waals surface area contributed by atoms with Crippen molar-refractivity contribution in [2.24, 2.45) is 0 Å². The van der Waals surface area contributed by atoms with Crippen LogP contribution in [0.3, 0.4) is 0 Å². The largest absolute Gasteiger partial charge is 0.321 e. The summed E-state index contributed by atoms with van der Waals surface area (Å²) in [6.45, 7) is 4.19. The Bertz CT molecular complexity index is 646. The van der Waals surface area contributed by atoms with Crippen molar-refractivity contribution in [1.82, 2.24) is 0 Å². The molecule has 2 nitrogen and oxygen atoms in total. The number of aryl methyl sites for hydroxylation is 2. The summed E-state index contributed by atoms with van der Waals surface area (Å²) in [4.78, 5) is 12.6. The quantitative estimate of drug-likeness (QED) is 0.699. The molecule has 0 unspecified atom stereocenters. The summed E-state index contributed by atoms with van der Waals surface area (Å²) in [5.74, 6) is -0.0984. The first-order chi connectivity index (χ1) is 10.1. The van der Waals surface area contributed by atoms with Gasteiger partial charge in [0.1, 0.15) is 0 Å². The Morgan fingerprint density at radius 3 is 2.24 bits per heavy atom. The monoisotopic (exact) mass is 409 g/mol. The predicted octanol–water partition coefficient (Wildman–Crippen LogP) is 5.59. The first kappa shape index (κ1) is 16.2. The van der Waals surface area contributed by atoms with Gasteiger partial charge in [-0.1, -0.05) is 48.0 Å². The zero-order chi connectivity index (χ0) is 15.4. The fourth-order valence-electron chi connectivity index (χ4n) is 2.26. The molecule has 0 saturated carbocycles. The van der Waals surface area contributed by atoms with Gasteiger partial charge in [0.25, 0.3) is 5.91 Å². The summed E-state index contributed by atoms with van der Waals surface area (Å²) in [7, 11) is 0. The molecule has 0 fully saturated rings. The van der Waals surface area contributed by atoms with E-state index in [9.17, 15) is 4.79 Å². The molecule has 4 heteroatoms. The molecule has 0 radical (unpaired) electrons. The average Bonchev–Trinajstić information content (AvgIpc) is 2.49. The minimum Gasteiger partial charge on any atom is -0.321 e. The molecule has 0 aromatic heterocycles. The molecule has 0 heterocycles. The molecule has 2 aromatic rings. The Labute approximate surface area is 142 Å². The topological polar surface area (TPSA) is 29.1 Å². The van der Waals surface area contributed by atoms with E-state index in [1.54, 1.807) is 0 Å². The van der Waals surface area contributed by atoms with Crippen molar-refractivity contribution in [1.29, 1.82) is 0 Å². The zero-order valence-corrected chi connectivity index (χ0v) is 15.2. The second kappa shape index (κ2) is 7.23. The van der Waals surface area contributed by atoms with Gasteiger partial charge in [-0.2, -0.15) is 0 Å². The van der Waals surface area contributed by atoms with Crippen molar-refractivity contribution in [3.05, 3.63) is 62.0 Å². The van der Waals surface area contributed by atoms with E-state index in [-0.39, 0.29) is 5.91 Å². The number of hydrogen-bond acceptors (Lipinski definition) is 1. The molecule has 0 aliphatic carbocycles. The van der Waals surface area contributed by atoms with E-state index in [1.165, 1.54) is 0 Å². The molecule has 1 N–H and O–H groups in total. The number of amides is 1. The maximum atomic E-state index is 12.6. The third-order valence-corrected chi connectivity index (χ3v) is 4.60. The first-order valence-electron chi connectivity index (χ1n) is 6.94. The summed E-state index contributed by atoms with van der Waals surface area (Å²) < 4.78 is 1.67. The van der Waals surface area contributed by atoms with Gasteiger partial charge in [0.15, 0.2) is 0 Å². The van der Waals surface area contributed by atoms with Crippen molar-refractivity contribution < 1.29 is 4.79 Å². The van der Waals surface area contributed by atoms with E-state index in [0.29, 0.717) is 5.56 Å². The maximum absolute atomic E-state index is 12.6. The molecule has 0 saturated heterocycles. The maximum Gasteiger partial charge on any atom is 0.256 e. The summed E-state index contributed by atoms with van der Waals surface area (Å²) in [6, 6.07) is 11.8. The van der Waals surface area contributed by atoms with E-state index >= 15 is 0 Å². The number of para-hydroxylation sites is 1. The number of nitrogens with one attached hydrogen (secondary N) is 1. The van der Waals surface area contributed by atoms with Crippen molar-refractivity contribution in [2.75, 3.05) is 5.32 Å².